The molecule has 0 radical (unpaired) electrons. The summed E-state index contributed by atoms with van der Waals surface area (Å²) < 4.78 is 5.09. The molecule has 1 aliphatic rings. The number of carbonyl (C=O) groups is 2. The minimum Gasteiger partial charge on any atom is -0.452 e. The molecule has 0 spiro atoms. The lowest BCUT2D eigenvalue weighted by Crippen LogP contribution is -2.38. The van der Waals surface area contributed by atoms with Crippen LogP contribution < -0.4 is 4.90 Å². The van der Waals surface area contributed by atoms with E-state index in [1.807, 2.05) is 31.2 Å². The smallest absolute Gasteiger partial charge is 0.340 e. The monoisotopic (exact) mass is 364 g/mol. The van der Waals surface area contributed by atoms with E-state index in [1.165, 1.54) is 12.3 Å². The number of halogens is 2. The second kappa shape index (κ2) is 6.79. The van der Waals surface area contributed by atoms with Crippen LogP contribution >= 0.6 is 23.2 Å². The molecule has 2 aromatic rings. The molecular weight excluding hydrogens is 351 g/mol. The van der Waals surface area contributed by atoms with Crippen LogP contribution in [0, 0.1) is 0 Å². The van der Waals surface area contributed by atoms with Gasteiger partial charge in [0.1, 0.15) is 5.15 Å². The molecule has 0 saturated heterocycles. The highest BCUT2D eigenvalue weighted by Gasteiger charge is 2.31. The van der Waals surface area contributed by atoms with Crippen molar-refractivity contribution in [3.63, 3.8) is 0 Å². The van der Waals surface area contributed by atoms with Gasteiger partial charge in [0.05, 0.1) is 10.6 Å². The first-order valence-electron chi connectivity index (χ1n) is 7.35. The molecule has 24 heavy (non-hydrogen) atoms. The second-order valence-corrected chi connectivity index (χ2v) is 6.28. The lowest BCUT2D eigenvalue weighted by atomic mass is 10.1. The van der Waals surface area contributed by atoms with Gasteiger partial charge in [0.25, 0.3) is 5.91 Å². The molecule has 3 rings (SSSR count). The Kier molecular flexibility index (Phi) is 4.73. The topological polar surface area (TPSA) is 59.5 Å². The molecule has 0 bridgehead atoms. The van der Waals surface area contributed by atoms with E-state index in [0.717, 1.165) is 17.7 Å². The van der Waals surface area contributed by atoms with Gasteiger partial charge >= 0.3 is 5.97 Å². The van der Waals surface area contributed by atoms with Gasteiger partial charge in [-0.25, -0.2) is 9.78 Å². The van der Waals surface area contributed by atoms with E-state index in [0.29, 0.717) is 0 Å². The van der Waals surface area contributed by atoms with Crippen molar-refractivity contribution in [1.82, 2.24) is 4.98 Å². The van der Waals surface area contributed by atoms with Crippen LogP contribution in [0.25, 0.3) is 0 Å². The predicted molar refractivity (Wildman–Crippen MR) is 91.6 cm³/mol. The fraction of sp³-hybridized carbons (Fsp3) is 0.235. The summed E-state index contributed by atoms with van der Waals surface area (Å²) in [5, 5.41) is 0.256. The summed E-state index contributed by atoms with van der Waals surface area (Å²) >= 11 is 11.5. The van der Waals surface area contributed by atoms with Crippen LogP contribution in [0.3, 0.4) is 0 Å². The van der Waals surface area contributed by atoms with Crippen molar-refractivity contribution >= 4 is 40.8 Å². The zero-order valence-electron chi connectivity index (χ0n) is 12.8. The van der Waals surface area contributed by atoms with Gasteiger partial charge in [-0.1, -0.05) is 41.4 Å². The number of anilines is 1. The number of aromatic nitrogens is 1. The number of para-hydroxylation sites is 1. The van der Waals surface area contributed by atoms with Crippen molar-refractivity contribution in [2.24, 2.45) is 0 Å². The molecule has 1 aromatic carbocycles. The molecule has 1 unspecified atom stereocenters. The Morgan fingerprint density at radius 1 is 1.33 bits per heavy atom. The third kappa shape index (κ3) is 3.23. The fourth-order valence-corrected chi connectivity index (χ4v) is 3.03. The first-order chi connectivity index (χ1) is 11.5. The number of esters is 1. The molecule has 0 N–H and O–H groups in total. The third-order valence-electron chi connectivity index (χ3n) is 3.83. The summed E-state index contributed by atoms with van der Waals surface area (Å²) in [6, 6.07) is 9.09. The maximum absolute atomic E-state index is 12.5. The standard InChI is InChI=1S/C17H14Cl2N2O3/c1-10-6-11-4-2-3-5-14(11)21(10)15(22)9-24-17(23)12-7-13(18)16(19)20-8-12/h2-5,7-8,10H,6,9H2,1H3. The number of amides is 1. The molecule has 1 aliphatic heterocycles. The molecule has 7 heteroatoms. The summed E-state index contributed by atoms with van der Waals surface area (Å²) in [6.45, 7) is 1.61. The maximum atomic E-state index is 12.5. The molecule has 1 amide bonds. The van der Waals surface area contributed by atoms with Crippen LogP contribution in [0.1, 0.15) is 22.8 Å². The van der Waals surface area contributed by atoms with E-state index >= 15 is 0 Å². The number of fused-ring (bicyclic) bond motifs is 1. The molecule has 0 aliphatic carbocycles. The van der Waals surface area contributed by atoms with E-state index in [9.17, 15) is 9.59 Å². The first kappa shape index (κ1) is 16.7. The Morgan fingerprint density at radius 3 is 2.83 bits per heavy atom. The lowest BCUT2D eigenvalue weighted by molar-refractivity contribution is -0.122. The van der Waals surface area contributed by atoms with Crippen LogP contribution in [-0.4, -0.2) is 29.5 Å². The normalized spacial score (nSPS) is 16.0. The Morgan fingerprint density at radius 2 is 2.08 bits per heavy atom. The predicted octanol–water partition coefficient (Wildman–Crippen LogP) is 3.52. The van der Waals surface area contributed by atoms with Crippen LogP contribution in [-0.2, 0) is 16.0 Å². The number of nitrogens with zero attached hydrogens (tertiary/aromatic N) is 2. The average molecular weight is 365 g/mol. The quantitative estimate of drug-likeness (QED) is 0.617. The van der Waals surface area contributed by atoms with E-state index in [4.69, 9.17) is 27.9 Å². The van der Waals surface area contributed by atoms with E-state index in [2.05, 4.69) is 4.98 Å². The summed E-state index contributed by atoms with van der Waals surface area (Å²) in [5.74, 6) is -0.941. The Balaban J connectivity index is 1.67. The van der Waals surface area contributed by atoms with Gasteiger partial charge in [-0.2, -0.15) is 0 Å². The Bertz CT molecular complexity index is 810. The van der Waals surface area contributed by atoms with Gasteiger partial charge in [-0.3, -0.25) is 4.79 Å². The molecule has 124 valence electrons. The van der Waals surface area contributed by atoms with Gasteiger partial charge < -0.3 is 9.64 Å². The van der Waals surface area contributed by atoms with Crippen molar-refractivity contribution in [3.05, 3.63) is 57.8 Å². The van der Waals surface area contributed by atoms with Gasteiger partial charge in [0.15, 0.2) is 6.61 Å². The van der Waals surface area contributed by atoms with Crippen molar-refractivity contribution in [1.29, 1.82) is 0 Å². The number of hydrogen-bond acceptors (Lipinski definition) is 4. The number of rotatable bonds is 3. The lowest BCUT2D eigenvalue weighted by Gasteiger charge is -2.22. The molecule has 1 atom stereocenters. The summed E-state index contributed by atoms with van der Waals surface area (Å²) in [5.41, 5.74) is 2.12. The van der Waals surface area contributed by atoms with Crippen LogP contribution in [0.2, 0.25) is 10.2 Å². The second-order valence-electron chi connectivity index (χ2n) is 5.52. The van der Waals surface area contributed by atoms with Crippen molar-refractivity contribution in [3.8, 4) is 0 Å². The van der Waals surface area contributed by atoms with E-state index < -0.39 is 5.97 Å². The fourth-order valence-electron chi connectivity index (χ4n) is 2.76. The molecule has 1 aromatic heterocycles. The van der Waals surface area contributed by atoms with Crippen molar-refractivity contribution in [2.45, 2.75) is 19.4 Å². The van der Waals surface area contributed by atoms with Gasteiger partial charge in [-0.05, 0) is 31.0 Å². The number of hydrogen-bond donors (Lipinski definition) is 0. The number of carbonyl (C=O) groups excluding carboxylic acids is 2. The Labute approximate surface area is 149 Å². The minimum atomic E-state index is -0.672. The molecule has 5 nitrogen and oxygen atoms in total. The number of benzene rings is 1. The number of pyridine rings is 1. The molecule has 0 saturated carbocycles. The SMILES string of the molecule is CC1Cc2ccccc2N1C(=O)COC(=O)c1cnc(Cl)c(Cl)c1. The van der Waals surface area contributed by atoms with Crippen LogP contribution in [0.4, 0.5) is 5.69 Å². The largest absolute Gasteiger partial charge is 0.452 e. The van der Waals surface area contributed by atoms with Crippen molar-refractivity contribution in [2.75, 3.05) is 11.5 Å². The van der Waals surface area contributed by atoms with Crippen LogP contribution in [0.5, 0.6) is 0 Å². The van der Waals surface area contributed by atoms with Gasteiger partial charge in [-0.15, -0.1) is 0 Å². The zero-order valence-corrected chi connectivity index (χ0v) is 14.3. The van der Waals surface area contributed by atoms with Crippen molar-refractivity contribution < 1.29 is 14.3 Å². The summed E-state index contributed by atoms with van der Waals surface area (Å²) in [7, 11) is 0. The van der Waals surface area contributed by atoms with E-state index in [-0.39, 0.29) is 34.3 Å². The van der Waals surface area contributed by atoms with Crippen LogP contribution in [0.15, 0.2) is 36.5 Å². The average Bonchev–Trinajstić information content (AvgIpc) is 2.90. The van der Waals surface area contributed by atoms with Gasteiger partial charge in [0.2, 0.25) is 0 Å². The highest BCUT2D eigenvalue weighted by Crippen LogP contribution is 2.31. The molecular formula is C17H14Cl2N2O3. The Hall–Kier alpha value is -2.11. The third-order valence-corrected chi connectivity index (χ3v) is 4.52. The highest BCUT2D eigenvalue weighted by molar-refractivity contribution is 6.41. The maximum Gasteiger partial charge on any atom is 0.340 e. The highest BCUT2D eigenvalue weighted by atomic mass is 35.5. The van der Waals surface area contributed by atoms with E-state index in [1.54, 1.807) is 4.90 Å². The number of ether oxygens (including phenoxy) is 1. The molecule has 0 fully saturated rings. The van der Waals surface area contributed by atoms with Gasteiger partial charge in [0, 0.05) is 17.9 Å². The first-order valence-corrected chi connectivity index (χ1v) is 8.11. The minimum absolute atomic E-state index is 0.0280. The summed E-state index contributed by atoms with van der Waals surface area (Å²) in [6.07, 6.45) is 2.04. The summed E-state index contributed by atoms with van der Waals surface area (Å²) in [4.78, 5) is 29.9. The zero-order chi connectivity index (χ0) is 17.3. The molecule has 2 heterocycles.